The average molecular weight is 355 g/mol. The van der Waals surface area contributed by atoms with E-state index in [4.69, 9.17) is 10.2 Å². The molecular formula is C16H20F3N5O. The number of piperazine rings is 1. The number of hydrogen-bond acceptors (Lipinski definition) is 6. The summed E-state index contributed by atoms with van der Waals surface area (Å²) in [7, 11) is 2.05. The zero-order chi connectivity index (χ0) is 17.8. The summed E-state index contributed by atoms with van der Waals surface area (Å²) in [6.07, 6.45) is -4.01. The molecule has 1 saturated heterocycles. The summed E-state index contributed by atoms with van der Waals surface area (Å²) in [5.74, 6) is -0.109. The molecule has 1 unspecified atom stereocenters. The van der Waals surface area contributed by atoms with Gasteiger partial charge in [-0.2, -0.15) is 18.2 Å². The van der Waals surface area contributed by atoms with Gasteiger partial charge in [-0.25, -0.2) is 4.98 Å². The van der Waals surface area contributed by atoms with Crippen LogP contribution in [0.3, 0.4) is 0 Å². The molecule has 0 saturated carbocycles. The van der Waals surface area contributed by atoms with Crippen molar-refractivity contribution in [2.24, 2.45) is 5.92 Å². The molecule has 0 aromatic carbocycles. The van der Waals surface area contributed by atoms with Crippen molar-refractivity contribution in [3.8, 4) is 0 Å². The van der Waals surface area contributed by atoms with Gasteiger partial charge in [-0.15, -0.1) is 0 Å². The van der Waals surface area contributed by atoms with E-state index in [1.807, 2.05) is 7.05 Å². The van der Waals surface area contributed by atoms with Gasteiger partial charge in [0, 0.05) is 38.2 Å². The van der Waals surface area contributed by atoms with E-state index in [1.54, 1.807) is 0 Å². The minimum absolute atomic E-state index is 0.0447. The lowest BCUT2D eigenvalue weighted by Crippen LogP contribution is -2.45. The van der Waals surface area contributed by atoms with Crippen LogP contribution in [0.5, 0.6) is 0 Å². The normalized spacial score (nSPS) is 22.4. The first-order chi connectivity index (χ1) is 11.8. The van der Waals surface area contributed by atoms with Crippen molar-refractivity contribution < 1.29 is 17.6 Å². The van der Waals surface area contributed by atoms with E-state index in [2.05, 4.69) is 19.8 Å². The van der Waals surface area contributed by atoms with Crippen LogP contribution in [-0.2, 0) is 12.8 Å². The quantitative estimate of drug-likeness (QED) is 0.846. The Kier molecular flexibility index (Phi) is 3.78. The maximum absolute atomic E-state index is 13.1. The number of halogens is 3. The monoisotopic (exact) mass is 355 g/mol. The van der Waals surface area contributed by atoms with Crippen LogP contribution in [0.15, 0.2) is 4.42 Å². The maximum Gasteiger partial charge on any atom is 0.392 e. The van der Waals surface area contributed by atoms with Crippen molar-refractivity contribution in [3.63, 3.8) is 0 Å². The zero-order valence-corrected chi connectivity index (χ0v) is 13.9. The first-order valence-corrected chi connectivity index (χ1v) is 8.41. The van der Waals surface area contributed by atoms with Crippen LogP contribution >= 0.6 is 0 Å². The Morgan fingerprint density at radius 1 is 1.16 bits per heavy atom. The second-order valence-corrected chi connectivity index (χ2v) is 6.86. The largest absolute Gasteiger partial charge is 0.455 e. The maximum atomic E-state index is 13.1. The molecule has 2 N–H and O–H groups in total. The molecule has 1 aliphatic carbocycles. The molecule has 2 aromatic rings. The van der Waals surface area contributed by atoms with Crippen LogP contribution in [0.4, 0.5) is 24.9 Å². The summed E-state index contributed by atoms with van der Waals surface area (Å²) in [6, 6.07) is 0. The zero-order valence-electron chi connectivity index (χ0n) is 13.9. The molecule has 1 fully saturated rings. The number of nitrogens with two attached hydrogens (primary N) is 1. The number of nitrogens with zero attached hydrogens (tertiary/aromatic N) is 4. The highest BCUT2D eigenvalue weighted by molar-refractivity contribution is 5.89. The number of anilines is 2. The first kappa shape index (κ1) is 16.4. The Hall–Kier alpha value is -2.03. The lowest BCUT2D eigenvalue weighted by atomic mass is 9.87. The summed E-state index contributed by atoms with van der Waals surface area (Å²) in [5.41, 5.74) is 7.28. The first-order valence-electron chi connectivity index (χ1n) is 8.41. The third-order valence-corrected chi connectivity index (χ3v) is 5.15. The number of aromatic nitrogens is 2. The number of fused-ring (bicyclic) bond motifs is 3. The van der Waals surface area contributed by atoms with E-state index in [-0.39, 0.29) is 25.2 Å². The third kappa shape index (κ3) is 2.90. The lowest BCUT2D eigenvalue weighted by molar-refractivity contribution is -0.177. The van der Waals surface area contributed by atoms with E-state index < -0.39 is 12.1 Å². The Bertz CT molecular complexity index is 795. The SMILES string of the molecule is CN1CCN(c2nc(N)nc3c4c(oc23)CCC(C(F)(F)F)C4)CC1. The van der Waals surface area contributed by atoms with E-state index >= 15 is 0 Å². The summed E-state index contributed by atoms with van der Waals surface area (Å²) >= 11 is 0. The second kappa shape index (κ2) is 5.76. The second-order valence-electron chi connectivity index (χ2n) is 6.86. The van der Waals surface area contributed by atoms with Crippen LogP contribution in [0.25, 0.3) is 11.1 Å². The average Bonchev–Trinajstić information content (AvgIpc) is 2.92. The van der Waals surface area contributed by atoms with Gasteiger partial charge in [0.2, 0.25) is 5.95 Å². The van der Waals surface area contributed by atoms with Crippen molar-refractivity contribution >= 4 is 22.9 Å². The standard InChI is InChI=1S/C16H20F3N5O/c1-23-4-6-24(7-5-23)14-13-12(21-15(20)22-14)10-8-9(16(17,18)19)2-3-11(10)25-13/h9H,2-8H2,1H3,(H2,20,21,22). The highest BCUT2D eigenvalue weighted by Crippen LogP contribution is 2.42. The fourth-order valence-corrected chi connectivity index (χ4v) is 3.65. The number of likely N-dealkylation sites (N-methyl/N-ethyl adjacent to an activating group) is 1. The van der Waals surface area contributed by atoms with E-state index in [0.717, 1.165) is 26.2 Å². The number of furan rings is 1. The molecule has 1 aliphatic heterocycles. The van der Waals surface area contributed by atoms with Gasteiger partial charge in [-0.05, 0) is 19.9 Å². The van der Waals surface area contributed by atoms with E-state index in [0.29, 0.717) is 28.2 Å². The van der Waals surface area contributed by atoms with Crippen molar-refractivity contribution in [1.82, 2.24) is 14.9 Å². The number of alkyl halides is 3. The van der Waals surface area contributed by atoms with E-state index in [9.17, 15) is 13.2 Å². The summed E-state index contributed by atoms with van der Waals surface area (Å²) in [6.45, 7) is 3.28. The summed E-state index contributed by atoms with van der Waals surface area (Å²) < 4.78 is 45.3. The molecule has 6 nitrogen and oxygen atoms in total. The van der Waals surface area contributed by atoms with E-state index in [1.165, 1.54) is 0 Å². The number of aryl methyl sites for hydroxylation is 1. The highest BCUT2D eigenvalue weighted by atomic mass is 19.4. The van der Waals surface area contributed by atoms with Gasteiger partial charge < -0.3 is 20.0 Å². The lowest BCUT2D eigenvalue weighted by Gasteiger charge is -2.33. The van der Waals surface area contributed by atoms with Gasteiger partial charge in [-0.3, -0.25) is 0 Å². The van der Waals surface area contributed by atoms with Gasteiger partial charge in [0.1, 0.15) is 11.3 Å². The molecule has 2 aromatic heterocycles. The Balaban J connectivity index is 1.76. The smallest absolute Gasteiger partial charge is 0.392 e. The molecule has 0 bridgehead atoms. The number of hydrogen-bond donors (Lipinski definition) is 1. The predicted molar refractivity (Wildman–Crippen MR) is 87.5 cm³/mol. The molecule has 136 valence electrons. The predicted octanol–water partition coefficient (Wildman–Crippen LogP) is 2.22. The third-order valence-electron chi connectivity index (χ3n) is 5.15. The number of nitrogen functional groups attached to an aromatic ring is 1. The molecule has 1 atom stereocenters. The van der Waals surface area contributed by atoms with Crippen LogP contribution in [0, 0.1) is 5.92 Å². The van der Waals surface area contributed by atoms with Crippen molar-refractivity contribution in [1.29, 1.82) is 0 Å². The number of rotatable bonds is 1. The fourth-order valence-electron chi connectivity index (χ4n) is 3.65. The molecule has 3 heterocycles. The van der Waals surface area contributed by atoms with Gasteiger partial charge >= 0.3 is 6.18 Å². The minimum Gasteiger partial charge on any atom is -0.455 e. The Morgan fingerprint density at radius 3 is 2.56 bits per heavy atom. The van der Waals surface area contributed by atoms with Crippen molar-refractivity contribution in [2.45, 2.75) is 25.4 Å². The molecule has 0 spiro atoms. The molecule has 0 amide bonds. The van der Waals surface area contributed by atoms with Crippen LogP contribution < -0.4 is 10.6 Å². The van der Waals surface area contributed by atoms with Crippen molar-refractivity contribution in [3.05, 3.63) is 11.3 Å². The molecule has 25 heavy (non-hydrogen) atoms. The van der Waals surface area contributed by atoms with Gasteiger partial charge in [-0.1, -0.05) is 0 Å². The molecule has 0 radical (unpaired) electrons. The molecule has 4 rings (SSSR count). The van der Waals surface area contributed by atoms with Crippen LogP contribution in [0.2, 0.25) is 0 Å². The summed E-state index contributed by atoms with van der Waals surface area (Å²) in [5, 5.41) is 0. The molecular weight excluding hydrogens is 335 g/mol. The Morgan fingerprint density at radius 2 is 1.88 bits per heavy atom. The van der Waals surface area contributed by atoms with Crippen LogP contribution in [0.1, 0.15) is 17.7 Å². The Labute approximate surface area is 142 Å². The molecule has 2 aliphatic rings. The highest BCUT2D eigenvalue weighted by Gasteiger charge is 2.43. The van der Waals surface area contributed by atoms with Gasteiger partial charge in [0.25, 0.3) is 0 Å². The topological polar surface area (TPSA) is 71.4 Å². The van der Waals surface area contributed by atoms with Gasteiger partial charge in [0.15, 0.2) is 11.4 Å². The van der Waals surface area contributed by atoms with Crippen molar-refractivity contribution in [2.75, 3.05) is 43.9 Å². The minimum atomic E-state index is -4.21. The summed E-state index contributed by atoms with van der Waals surface area (Å²) in [4.78, 5) is 12.8. The van der Waals surface area contributed by atoms with Crippen LogP contribution in [-0.4, -0.2) is 54.3 Å². The fraction of sp³-hybridized carbons (Fsp3) is 0.625. The molecule has 9 heteroatoms. The van der Waals surface area contributed by atoms with Gasteiger partial charge in [0.05, 0.1) is 5.92 Å².